The van der Waals surface area contributed by atoms with Crippen molar-refractivity contribution in [2.45, 2.75) is 10.6 Å². The van der Waals surface area contributed by atoms with Crippen molar-refractivity contribution in [2.24, 2.45) is 0 Å². The van der Waals surface area contributed by atoms with Gasteiger partial charge in [0, 0.05) is 23.2 Å². The topological polar surface area (TPSA) is 22.4 Å². The third-order valence-electron chi connectivity index (χ3n) is 1.92. The van der Waals surface area contributed by atoms with Crippen molar-refractivity contribution in [2.75, 3.05) is 7.11 Å². The van der Waals surface area contributed by atoms with Crippen LogP contribution in [0.1, 0.15) is 0 Å². The van der Waals surface area contributed by atoms with Crippen molar-refractivity contribution in [1.29, 1.82) is 0 Å². The Bertz CT molecular complexity index is 504. The molecule has 16 heavy (non-hydrogen) atoms. The van der Waals surface area contributed by atoms with Gasteiger partial charge in [-0.3, -0.25) is 0 Å². The summed E-state index contributed by atoms with van der Waals surface area (Å²) in [4.78, 5) is 0. The Morgan fingerprint density at radius 3 is 2.62 bits per heavy atom. The summed E-state index contributed by atoms with van der Waals surface area (Å²) in [5.74, 6) is 0.547. The van der Waals surface area contributed by atoms with Crippen molar-refractivity contribution in [1.82, 2.24) is 0 Å². The molecule has 86 valence electrons. The van der Waals surface area contributed by atoms with Crippen molar-refractivity contribution in [3.05, 3.63) is 24.3 Å². The average molecular weight is 248 g/mol. The van der Waals surface area contributed by atoms with Crippen molar-refractivity contribution in [3.8, 4) is 5.75 Å². The third-order valence-corrected chi connectivity index (χ3v) is 2.55. The van der Waals surface area contributed by atoms with Gasteiger partial charge in [0.2, 0.25) is 0 Å². The number of furan rings is 1. The number of thioether (sulfide) groups is 1. The van der Waals surface area contributed by atoms with Crippen LogP contribution in [0, 0.1) is 0 Å². The van der Waals surface area contributed by atoms with Gasteiger partial charge in [-0.15, -0.1) is 0 Å². The maximum Gasteiger partial charge on any atom is 0.449 e. The van der Waals surface area contributed by atoms with E-state index in [1.165, 1.54) is 13.2 Å². The van der Waals surface area contributed by atoms with Gasteiger partial charge in [0.05, 0.1) is 7.11 Å². The number of hydrogen-bond acceptors (Lipinski definition) is 3. The van der Waals surface area contributed by atoms with Gasteiger partial charge in [-0.25, -0.2) is 0 Å². The number of ether oxygens (including phenoxy) is 1. The SMILES string of the molecule is COc1ccc2cc(SC(F)(F)F)oc2c1. The molecule has 0 atom stereocenters. The molecule has 1 aromatic heterocycles. The lowest BCUT2D eigenvalue weighted by atomic mass is 10.2. The largest absolute Gasteiger partial charge is 0.497 e. The molecule has 0 N–H and O–H groups in total. The molecule has 0 fully saturated rings. The van der Waals surface area contributed by atoms with Gasteiger partial charge in [-0.2, -0.15) is 13.2 Å². The molecule has 2 nitrogen and oxygen atoms in total. The summed E-state index contributed by atoms with van der Waals surface area (Å²) in [6.45, 7) is 0. The standard InChI is InChI=1S/C10H7F3O2S/c1-14-7-3-2-6-4-9(15-8(6)5-7)16-10(11,12)13/h2-5H,1H3. The van der Waals surface area contributed by atoms with E-state index in [0.717, 1.165) is 0 Å². The van der Waals surface area contributed by atoms with Gasteiger partial charge in [-0.05, 0) is 18.2 Å². The van der Waals surface area contributed by atoms with Crippen molar-refractivity contribution < 1.29 is 22.3 Å². The predicted molar refractivity (Wildman–Crippen MR) is 54.7 cm³/mol. The van der Waals surface area contributed by atoms with E-state index in [-0.39, 0.29) is 16.9 Å². The summed E-state index contributed by atoms with van der Waals surface area (Å²) in [7, 11) is 1.48. The van der Waals surface area contributed by atoms with Crippen molar-refractivity contribution >= 4 is 22.7 Å². The molecule has 0 bridgehead atoms. The van der Waals surface area contributed by atoms with Gasteiger partial charge < -0.3 is 9.15 Å². The lowest BCUT2D eigenvalue weighted by Crippen LogP contribution is -1.97. The monoisotopic (exact) mass is 248 g/mol. The molecule has 1 aromatic carbocycles. The molecule has 0 radical (unpaired) electrons. The van der Waals surface area contributed by atoms with E-state index in [4.69, 9.17) is 9.15 Å². The van der Waals surface area contributed by atoms with Crippen LogP contribution in [-0.4, -0.2) is 12.6 Å². The van der Waals surface area contributed by atoms with E-state index in [1.807, 2.05) is 0 Å². The normalized spacial score (nSPS) is 12.0. The highest BCUT2D eigenvalue weighted by atomic mass is 32.2. The number of hydrogen-bond donors (Lipinski definition) is 0. The first kappa shape index (κ1) is 11.2. The number of benzene rings is 1. The van der Waals surface area contributed by atoms with Crippen LogP contribution in [0.25, 0.3) is 11.0 Å². The number of fused-ring (bicyclic) bond motifs is 1. The Labute approximate surface area is 93.4 Å². The zero-order valence-corrected chi connectivity index (χ0v) is 8.98. The summed E-state index contributed by atoms with van der Waals surface area (Å²) < 4.78 is 46.3. The molecule has 0 amide bonds. The fraction of sp³-hybridized carbons (Fsp3) is 0.200. The van der Waals surface area contributed by atoms with Crippen LogP contribution in [0.3, 0.4) is 0 Å². The molecule has 0 aliphatic rings. The summed E-state index contributed by atoms with van der Waals surface area (Å²) in [5.41, 5.74) is -3.95. The first-order valence-corrected chi connectivity index (χ1v) is 5.13. The number of methoxy groups -OCH3 is 1. The van der Waals surface area contributed by atoms with Crippen LogP contribution in [0.15, 0.2) is 33.8 Å². The Morgan fingerprint density at radius 1 is 1.25 bits per heavy atom. The minimum Gasteiger partial charge on any atom is -0.497 e. The van der Waals surface area contributed by atoms with Gasteiger partial charge in [-0.1, -0.05) is 0 Å². The first-order valence-electron chi connectivity index (χ1n) is 4.31. The molecule has 0 saturated carbocycles. The van der Waals surface area contributed by atoms with Crippen LogP contribution in [0.5, 0.6) is 5.75 Å². The van der Waals surface area contributed by atoms with Crippen LogP contribution < -0.4 is 4.74 Å². The van der Waals surface area contributed by atoms with E-state index in [9.17, 15) is 13.2 Å². The minimum atomic E-state index is -4.34. The zero-order valence-electron chi connectivity index (χ0n) is 8.17. The maximum absolute atomic E-state index is 12.1. The highest BCUT2D eigenvalue weighted by Gasteiger charge is 2.31. The summed E-state index contributed by atoms with van der Waals surface area (Å²) >= 11 is -0.268. The van der Waals surface area contributed by atoms with Crippen LogP contribution in [-0.2, 0) is 0 Å². The molecule has 0 aliphatic carbocycles. The van der Waals surface area contributed by atoms with E-state index in [1.54, 1.807) is 18.2 Å². The summed E-state index contributed by atoms with van der Waals surface area (Å²) in [6, 6.07) is 6.22. The molecular formula is C10H7F3O2S. The van der Waals surface area contributed by atoms with E-state index >= 15 is 0 Å². The second-order valence-electron chi connectivity index (χ2n) is 3.02. The highest BCUT2D eigenvalue weighted by molar-refractivity contribution is 8.00. The summed E-state index contributed by atoms with van der Waals surface area (Å²) in [6.07, 6.45) is 0. The number of alkyl halides is 3. The lowest BCUT2D eigenvalue weighted by molar-refractivity contribution is -0.0334. The molecule has 2 rings (SSSR count). The Kier molecular flexibility index (Phi) is 2.75. The molecule has 1 heterocycles. The number of halogens is 3. The van der Waals surface area contributed by atoms with Gasteiger partial charge >= 0.3 is 5.51 Å². The second-order valence-corrected chi connectivity index (χ2v) is 4.09. The molecule has 0 aliphatic heterocycles. The van der Waals surface area contributed by atoms with Gasteiger partial charge in [0.25, 0.3) is 0 Å². The Morgan fingerprint density at radius 2 is 2.00 bits per heavy atom. The van der Waals surface area contributed by atoms with Crippen molar-refractivity contribution in [3.63, 3.8) is 0 Å². The molecule has 0 spiro atoms. The molecule has 0 saturated heterocycles. The smallest absolute Gasteiger partial charge is 0.449 e. The second kappa shape index (κ2) is 3.93. The zero-order chi connectivity index (χ0) is 11.8. The fourth-order valence-corrected chi connectivity index (χ4v) is 1.82. The number of rotatable bonds is 2. The van der Waals surface area contributed by atoms with Gasteiger partial charge in [0.15, 0.2) is 5.09 Å². The predicted octanol–water partition coefficient (Wildman–Crippen LogP) is 4.05. The quantitative estimate of drug-likeness (QED) is 0.748. The van der Waals surface area contributed by atoms with Crippen LogP contribution in [0.2, 0.25) is 0 Å². The van der Waals surface area contributed by atoms with E-state index < -0.39 is 5.51 Å². The van der Waals surface area contributed by atoms with E-state index in [0.29, 0.717) is 16.7 Å². The first-order chi connectivity index (χ1) is 7.48. The molecule has 2 aromatic rings. The van der Waals surface area contributed by atoms with Crippen LogP contribution in [0.4, 0.5) is 13.2 Å². The summed E-state index contributed by atoms with van der Waals surface area (Å²) in [5, 5.41) is 0.448. The molecule has 0 unspecified atom stereocenters. The minimum absolute atomic E-state index is 0.171. The Hall–Kier alpha value is -1.30. The third kappa shape index (κ3) is 2.44. The highest BCUT2D eigenvalue weighted by Crippen LogP contribution is 2.39. The van der Waals surface area contributed by atoms with E-state index in [2.05, 4.69) is 0 Å². The lowest BCUT2D eigenvalue weighted by Gasteiger charge is -2.00. The fourth-order valence-electron chi connectivity index (χ4n) is 1.28. The maximum atomic E-state index is 12.1. The molecule has 6 heteroatoms. The Balaban J connectivity index is 2.36. The average Bonchev–Trinajstić information content (AvgIpc) is 2.55. The molecular weight excluding hydrogens is 241 g/mol. The van der Waals surface area contributed by atoms with Gasteiger partial charge in [0.1, 0.15) is 11.3 Å². The van der Waals surface area contributed by atoms with Crippen LogP contribution >= 0.6 is 11.8 Å².